The minimum Gasteiger partial charge on any atom is -0.482 e. The van der Waals surface area contributed by atoms with Gasteiger partial charge in [-0.25, -0.2) is 4.39 Å². The quantitative estimate of drug-likeness (QED) is 0.696. The van der Waals surface area contributed by atoms with Gasteiger partial charge in [0.05, 0.1) is 12.2 Å². The molecule has 0 saturated carbocycles. The number of fused-ring (bicyclic) bond motifs is 2. The predicted molar refractivity (Wildman–Crippen MR) is 110 cm³/mol. The van der Waals surface area contributed by atoms with Crippen molar-refractivity contribution in [1.82, 2.24) is 0 Å². The van der Waals surface area contributed by atoms with Crippen LogP contribution in [0.2, 0.25) is 0 Å². The van der Waals surface area contributed by atoms with Gasteiger partial charge in [-0.15, -0.1) is 0 Å². The van der Waals surface area contributed by atoms with Gasteiger partial charge in [-0.05, 0) is 48.0 Å². The summed E-state index contributed by atoms with van der Waals surface area (Å²) in [5.41, 5.74) is 2.16. The number of hydrogen-bond acceptors (Lipinski definition) is 5. The molecule has 0 aliphatic carbocycles. The van der Waals surface area contributed by atoms with Gasteiger partial charge in [-0.1, -0.05) is 12.1 Å². The van der Waals surface area contributed by atoms with E-state index in [1.54, 1.807) is 48.5 Å². The molecule has 2 heterocycles. The van der Waals surface area contributed by atoms with Crippen LogP contribution in [0.4, 0.5) is 15.8 Å². The Bertz CT molecular complexity index is 1180. The molecule has 3 aromatic rings. The van der Waals surface area contributed by atoms with Crippen molar-refractivity contribution < 1.29 is 28.2 Å². The molecular formula is C23H17FN2O5. The number of anilines is 2. The average Bonchev–Trinajstić information content (AvgIpc) is 3.24. The maximum Gasteiger partial charge on any atom is 0.265 e. The van der Waals surface area contributed by atoms with Gasteiger partial charge < -0.3 is 24.4 Å². The number of benzene rings is 3. The number of hydrogen-bond donors (Lipinski definition) is 1. The SMILES string of the molecule is O=C(Nc1ccc2c(c1)OCO2)c1ccc2c(c1)N(Cc1ccc(F)cc1)C(=O)CO2. The maximum atomic E-state index is 13.2. The van der Waals surface area contributed by atoms with Gasteiger partial charge in [-0.3, -0.25) is 9.59 Å². The summed E-state index contributed by atoms with van der Waals surface area (Å²) in [5, 5.41) is 2.82. The molecule has 0 bridgehead atoms. The molecule has 0 fully saturated rings. The van der Waals surface area contributed by atoms with Gasteiger partial charge in [0.2, 0.25) is 6.79 Å². The van der Waals surface area contributed by atoms with Crippen LogP contribution in [0.15, 0.2) is 60.7 Å². The largest absolute Gasteiger partial charge is 0.482 e. The number of halogens is 1. The van der Waals surface area contributed by atoms with E-state index < -0.39 is 0 Å². The van der Waals surface area contributed by atoms with E-state index in [1.807, 2.05) is 0 Å². The zero-order valence-electron chi connectivity index (χ0n) is 16.3. The Hall–Kier alpha value is -4.07. The molecule has 5 rings (SSSR count). The fraction of sp³-hybridized carbons (Fsp3) is 0.130. The first-order valence-electron chi connectivity index (χ1n) is 9.59. The zero-order valence-corrected chi connectivity index (χ0v) is 16.3. The number of rotatable bonds is 4. The molecule has 7 nitrogen and oxygen atoms in total. The number of carbonyl (C=O) groups is 2. The lowest BCUT2D eigenvalue weighted by atomic mass is 10.1. The Labute approximate surface area is 176 Å². The van der Waals surface area contributed by atoms with Crippen molar-refractivity contribution in [3.8, 4) is 17.2 Å². The molecule has 156 valence electrons. The minimum absolute atomic E-state index is 0.100. The predicted octanol–water partition coefficient (Wildman–Crippen LogP) is 3.73. The Kier molecular flexibility index (Phi) is 4.66. The highest BCUT2D eigenvalue weighted by Crippen LogP contribution is 2.36. The first-order chi connectivity index (χ1) is 15.1. The summed E-state index contributed by atoms with van der Waals surface area (Å²) in [6, 6.07) is 16.0. The Balaban J connectivity index is 1.40. The highest BCUT2D eigenvalue weighted by Gasteiger charge is 2.27. The molecule has 1 N–H and O–H groups in total. The molecule has 2 aliphatic rings. The third kappa shape index (κ3) is 3.75. The van der Waals surface area contributed by atoms with Gasteiger partial charge in [0.15, 0.2) is 18.1 Å². The van der Waals surface area contributed by atoms with Crippen molar-refractivity contribution in [2.45, 2.75) is 6.54 Å². The topological polar surface area (TPSA) is 77.1 Å². The molecule has 2 aliphatic heterocycles. The van der Waals surface area contributed by atoms with Crippen LogP contribution in [0.3, 0.4) is 0 Å². The maximum absolute atomic E-state index is 13.2. The molecule has 0 atom stereocenters. The molecule has 0 spiro atoms. The van der Waals surface area contributed by atoms with E-state index in [4.69, 9.17) is 14.2 Å². The molecule has 8 heteroatoms. The lowest BCUT2D eigenvalue weighted by Gasteiger charge is -2.30. The fourth-order valence-corrected chi connectivity index (χ4v) is 3.47. The summed E-state index contributed by atoms with van der Waals surface area (Å²) in [4.78, 5) is 26.9. The monoisotopic (exact) mass is 420 g/mol. The van der Waals surface area contributed by atoms with E-state index in [0.717, 1.165) is 5.56 Å². The van der Waals surface area contributed by atoms with E-state index in [2.05, 4.69) is 5.32 Å². The number of amides is 2. The highest BCUT2D eigenvalue weighted by atomic mass is 19.1. The van der Waals surface area contributed by atoms with E-state index in [9.17, 15) is 14.0 Å². The molecule has 0 radical (unpaired) electrons. The molecule has 2 amide bonds. The molecule has 0 saturated heterocycles. The average molecular weight is 420 g/mol. The van der Waals surface area contributed by atoms with Gasteiger partial charge >= 0.3 is 0 Å². The number of ether oxygens (including phenoxy) is 3. The summed E-state index contributed by atoms with van der Waals surface area (Å²) in [5.74, 6) is 0.749. The number of nitrogens with zero attached hydrogens (tertiary/aromatic N) is 1. The van der Waals surface area contributed by atoms with E-state index >= 15 is 0 Å². The third-order valence-electron chi connectivity index (χ3n) is 5.05. The van der Waals surface area contributed by atoms with Crippen LogP contribution in [0.1, 0.15) is 15.9 Å². The minimum atomic E-state index is -0.347. The second-order valence-corrected chi connectivity index (χ2v) is 7.10. The second-order valence-electron chi connectivity index (χ2n) is 7.10. The van der Waals surface area contributed by atoms with Crippen molar-refractivity contribution in [2.75, 3.05) is 23.6 Å². The van der Waals surface area contributed by atoms with Gasteiger partial charge in [-0.2, -0.15) is 0 Å². The molecule has 3 aromatic carbocycles. The zero-order chi connectivity index (χ0) is 21.4. The van der Waals surface area contributed by atoms with E-state index in [1.165, 1.54) is 17.0 Å². The van der Waals surface area contributed by atoms with Crippen LogP contribution in [-0.2, 0) is 11.3 Å². The summed E-state index contributed by atoms with van der Waals surface area (Å²) < 4.78 is 29.3. The number of nitrogens with one attached hydrogen (secondary N) is 1. The standard InChI is InChI=1S/C23H17FN2O5/c24-16-4-1-14(2-5-16)11-26-18-9-15(3-7-19(18)29-12-22(26)27)23(28)25-17-6-8-20-21(10-17)31-13-30-20/h1-10H,11-13H2,(H,25,28). The van der Waals surface area contributed by atoms with Crippen LogP contribution >= 0.6 is 0 Å². The smallest absolute Gasteiger partial charge is 0.265 e. The van der Waals surface area contributed by atoms with Crippen LogP contribution in [0, 0.1) is 5.82 Å². The van der Waals surface area contributed by atoms with Crippen molar-refractivity contribution in [2.24, 2.45) is 0 Å². The van der Waals surface area contributed by atoms with Crippen molar-refractivity contribution in [3.05, 3.63) is 77.6 Å². The Morgan fingerprint density at radius 3 is 2.55 bits per heavy atom. The fourth-order valence-electron chi connectivity index (χ4n) is 3.47. The third-order valence-corrected chi connectivity index (χ3v) is 5.05. The summed E-state index contributed by atoms with van der Waals surface area (Å²) >= 11 is 0. The molecule has 31 heavy (non-hydrogen) atoms. The van der Waals surface area contributed by atoms with Crippen LogP contribution in [-0.4, -0.2) is 25.2 Å². The Morgan fingerprint density at radius 1 is 0.935 bits per heavy atom. The highest BCUT2D eigenvalue weighted by molar-refractivity contribution is 6.06. The lowest BCUT2D eigenvalue weighted by molar-refractivity contribution is -0.121. The van der Waals surface area contributed by atoms with Gasteiger partial charge in [0, 0.05) is 17.3 Å². The normalized spacial score (nSPS) is 14.1. The van der Waals surface area contributed by atoms with Crippen LogP contribution in [0.5, 0.6) is 17.2 Å². The van der Waals surface area contributed by atoms with E-state index in [0.29, 0.717) is 34.2 Å². The summed E-state index contributed by atoms with van der Waals surface area (Å²) in [6.45, 7) is 0.287. The van der Waals surface area contributed by atoms with Crippen LogP contribution in [0.25, 0.3) is 0 Å². The van der Waals surface area contributed by atoms with E-state index in [-0.39, 0.29) is 37.6 Å². The molecular weight excluding hydrogens is 403 g/mol. The van der Waals surface area contributed by atoms with Crippen molar-refractivity contribution in [1.29, 1.82) is 0 Å². The summed E-state index contributed by atoms with van der Waals surface area (Å²) in [7, 11) is 0. The summed E-state index contributed by atoms with van der Waals surface area (Å²) in [6.07, 6.45) is 0. The van der Waals surface area contributed by atoms with Crippen LogP contribution < -0.4 is 24.4 Å². The molecule has 0 aromatic heterocycles. The van der Waals surface area contributed by atoms with Crippen molar-refractivity contribution in [3.63, 3.8) is 0 Å². The second kappa shape index (κ2) is 7.64. The van der Waals surface area contributed by atoms with Gasteiger partial charge in [0.25, 0.3) is 11.8 Å². The van der Waals surface area contributed by atoms with Crippen molar-refractivity contribution >= 4 is 23.2 Å². The number of carbonyl (C=O) groups excluding carboxylic acids is 2. The Morgan fingerprint density at radius 2 is 1.71 bits per heavy atom. The lowest BCUT2D eigenvalue weighted by Crippen LogP contribution is -2.38. The van der Waals surface area contributed by atoms with Gasteiger partial charge in [0.1, 0.15) is 11.6 Å². The first-order valence-corrected chi connectivity index (χ1v) is 9.59. The molecule has 0 unspecified atom stereocenters. The first kappa shape index (κ1) is 18.9.